The van der Waals surface area contributed by atoms with Crippen molar-refractivity contribution in [1.29, 1.82) is 0 Å². The van der Waals surface area contributed by atoms with E-state index in [-0.39, 0.29) is 24.2 Å². The van der Waals surface area contributed by atoms with Crippen LogP contribution in [0.5, 0.6) is 0 Å². The number of nitrogens with one attached hydrogen (secondary N) is 1. The number of H-pyrrole nitrogens is 1. The molecule has 16 heavy (non-hydrogen) atoms. The predicted molar refractivity (Wildman–Crippen MR) is 62.5 cm³/mol. The molecule has 90 valence electrons. The summed E-state index contributed by atoms with van der Waals surface area (Å²) in [6.45, 7) is -0.135. The number of aromatic amines is 1. The SMILES string of the molecule is O=S1(=O)CCCC(n2c(CO)c[nH]c2=S)C1. The molecule has 0 aromatic carbocycles. The Balaban J connectivity index is 2.37. The van der Waals surface area contributed by atoms with Crippen molar-refractivity contribution in [2.24, 2.45) is 0 Å². The lowest BCUT2D eigenvalue weighted by molar-refractivity contribution is 0.265. The highest BCUT2D eigenvalue weighted by Gasteiger charge is 2.27. The van der Waals surface area contributed by atoms with Crippen LogP contribution in [-0.2, 0) is 16.4 Å². The third-order valence-electron chi connectivity index (χ3n) is 2.86. The largest absolute Gasteiger partial charge is 0.390 e. The van der Waals surface area contributed by atoms with Gasteiger partial charge in [-0.1, -0.05) is 0 Å². The minimum atomic E-state index is -2.96. The molecule has 1 fully saturated rings. The number of aliphatic hydroxyl groups is 1. The van der Waals surface area contributed by atoms with Gasteiger partial charge in [0, 0.05) is 6.20 Å². The van der Waals surface area contributed by atoms with Gasteiger partial charge in [0.2, 0.25) is 0 Å². The molecule has 0 bridgehead atoms. The molecule has 1 aromatic heterocycles. The standard InChI is InChI=1S/C9H14N2O3S2/c12-5-8-4-10-9(15)11(8)7-2-1-3-16(13,14)6-7/h4,7,12H,1-3,5-6H2,(H,10,15). The molecule has 1 saturated heterocycles. The summed E-state index contributed by atoms with van der Waals surface area (Å²) in [5.74, 6) is 0.377. The lowest BCUT2D eigenvalue weighted by Crippen LogP contribution is -2.28. The van der Waals surface area contributed by atoms with Crippen LogP contribution in [0.1, 0.15) is 24.6 Å². The average molecular weight is 262 g/mol. The van der Waals surface area contributed by atoms with Crippen molar-refractivity contribution in [3.63, 3.8) is 0 Å². The van der Waals surface area contributed by atoms with E-state index >= 15 is 0 Å². The first-order valence-corrected chi connectivity index (χ1v) is 7.36. The molecule has 2 rings (SSSR count). The molecule has 0 saturated carbocycles. The second-order valence-electron chi connectivity index (χ2n) is 4.02. The van der Waals surface area contributed by atoms with E-state index < -0.39 is 9.84 Å². The summed E-state index contributed by atoms with van der Waals surface area (Å²) in [5, 5.41) is 9.16. The van der Waals surface area contributed by atoms with Crippen molar-refractivity contribution in [3.8, 4) is 0 Å². The van der Waals surface area contributed by atoms with Gasteiger partial charge in [-0.2, -0.15) is 0 Å². The van der Waals surface area contributed by atoms with E-state index in [2.05, 4.69) is 4.98 Å². The maximum absolute atomic E-state index is 11.5. The van der Waals surface area contributed by atoms with Crippen LogP contribution in [0.2, 0.25) is 0 Å². The lowest BCUT2D eigenvalue weighted by Gasteiger charge is -2.24. The zero-order valence-corrected chi connectivity index (χ0v) is 10.4. The number of hydrogen-bond donors (Lipinski definition) is 2. The second kappa shape index (κ2) is 4.31. The molecule has 2 N–H and O–H groups in total. The van der Waals surface area contributed by atoms with Crippen LogP contribution < -0.4 is 0 Å². The number of aliphatic hydroxyl groups excluding tert-OH is 1. The van der Waals surface area contributed by atoms with Crippen LogP contribution in [0.4, 0.5) is 0 Å². The number of sulfone groups is 1. The summed E-state index contributed by atoms with van der Waals surface area (Å²) in [7, 11) is -2.96. The van der Waals surface area contributed by atoms with E-state index in [9.17, 15) is 8.42 Å². The van der Waals surface area contributed by atoms with E-state index in [1.807, 2.05) is 0 Å². The van der Waals surface area contributed by atoms with Gasteiger partial charge < -0.3 is 14.7 Å². The Morgan fingerprint density at radius 3 is 3.00 bits per heavy atom. The Labute approximate surface area is 99.0 Å². The summed E-state index contributed by atoms with van der Waals surface area (Å²) in [4.78, 5) is 2.84. The van der Waals surface area contributed by atoms with Crippen LogP contribution in [0.25, 0.3) is 0 Å². The fourth-order valence-corrected chi connectivity index (χ4v) is 4.14. The Morgan fingerprint density at radius 2 is 2.38 bits per heavy atom. The first-order valence-electron chi connectivity index (χ1n) is 5.13. The molecule has 2 heterocycles. The summed E-state index contributed by atoms with van der Waals surface area (Å²) in [5.41, 5.74) is 0.645. The molecular formula is C9H14N2O3S2. The third kappa shape index (κ3) is 2.21. The molecule has 1 atom stereocenters. The van der Waals surface area contributed by atoms with E-state index in [0.717, 1.165) is 6.42 Å². The molecule has 7 heteroatoms. The van der Waals surface area contributed by atoms with Gasteiger partial charge in [-0.25, -0.2) is 8.42 Å². The van der Waals surface area contributed by atoms with Crippen LogP contribution in [0.15, 0.2) is 6.20 Å². The fraction of sp³-hybridized carbons (Fsp3) is 0.667. The quantitative estimate of drug-likeness (QED) is 0.773. The topological polar surface area (TPSA) is 75.1 Å². The van der Waals surface area contributed by atoms with Crippen LogP contribution in [0.3, 0.4) is 0 Å². The Hall–Kier alpha value is -0.660. The Morgan fingerprint density at radius 1 is 1.62 bits per heavy atom. The molecule has 0 amide bonds. The molecular weight excluding hydrogens is 248 g/mol. The fourth-order valence-electron chi connectivity index (χ4n) is 2.14. The maximum atomic E-state index is 11.5. The molecule has 0 radical (unpaired) electrons. The molecule has 0 spiro atoms. The smallest absolute Gasteiger partial charge is 0.177 e. The Bertz CT molecular complexity index is 529. The van der Waals surface area contributed by atoms with Crippen molar-refractivity contribution in [3.05, 3.63) is 16.7 Å². The van der Waals surface area contributed by atoms with E-state index in [1.54, 1.807) is 10.8 Å². The van der Waals surface area contributed by atoms with Crippen molar-refractivity contribution >= 4 is 22.1 Å². The first-order chi connectivity index (χ1) is 7.53. The van der Waals surface area contributed by atoms with Crippen molar-refractivity contribution in [1.82, 2.24) is 9.55 Å². The summed E-state index contributed by atoms with van der Waals surface area (Å²) >= 11 is 5.10. The molecule has 1 unspecified atom stereocenters. The Kier molecular flexibility index (Phi) is 3.18. The highest BCUT2D eigenvalue weighted by molar-refractivity contribution is 7.91. The number of rotatable bonds is 2. The predicted octanol–water partition coefficient (Wildman–Crippen LogP) is 0.788. The van der Waals surface area contributed by atoms with E-state index in [1.165, 1.54) is 0 Å². The zero-order chi connectivity index (χ0) is 11.8. The van der Waals surface area contributed by atoms with Crippen molar-refractivity contribution < 1.29 is 13.5 Å². The summed E-state index contributed by atoms with van der Waals surface area (Å²) in [6, 6.07) is -0.139. The van der Waals surface area contributed by atoms with Gasteiger partial charge in [-0.05, 0) is 25.1 Å². The van der Waals surface area contributed by atoms with Gasteiger partial charge in [-0.15, -0.1) is 0 Å². The monoisotopic (exact) mass is 262 g/mol. The second-order valence-corrected chi connectivity index (χ2v) is 6.64. The third-order valence-corrected chi connectivity index (χ3v) is 4.97. The average Bonchev–Trinajstić information content (AvgIpc) is 2.58. The molecule has 0 aliphatic carbocycles. The highest BCUT2D eigenvalue weighted by Crippen LogP contribution is 2.25. The number of imidazole rings is 1. The van der Waals surface area contributed by atoms with Gasteiger partial charge in [0.15, 0.2) is 14.6 Å². The van der Waals surface area contributed by atoms with Crippen LogP contribution in [0, 0.1) is 4.77 Å². The van der Waals surface area contributed by atoms with E-state index in [0.29, 0.717) is 16.9 Å². The van der Waals surface area contributed by atoms with Crippen molar-refractivity contribution in [2.45, 2.75) is 25.5 Å². The van der Waals surface area contributed by atoms with Gasteiger partial charge >= 0.3 is 0 Å². The number of aromatic nitrogens is 2. The zero-order valence-electron chi connectivity index (χ0n) is 8.72. The molecule has 5 nitrogen and oxygen atoms in total. The van der Waals surface area contributed by atoms with Gasteiger partial charge in [0.05, 0.1) is 29.8 Å². The van der Waals surface area contributed by atoms with Gasteiger partial charge in [0.1, 0.15) is 0 Å². The molecule has 1 aliphatic rings. The summed E-state index contributed by atoms with van der Waals surface area (Å²) in [6.07, 6.45) is 3.08. The first kappa shape index (κ1) is 11.8. The number of hydrogen-bond acceptors (Lipinski definition) is 4. The maximum Gasteiger partial charge on any atom is 0.177 e. The van der Waals surface area contributed by atoms with Gasteiger partial charge in [0.25, 0.3) is 0 Å². The highest BCUT2D eigenvalue weighted by atomic mass is 32.2. The lowest BCUT2D eigenvalue weighted by atomic mass is 10.2. The number of nitrogens with zero attached hydrogens (tertiary/aromatic N) is 1. The van der Waals surface area contributed by atoms with E-state index in [4.69, 9.17) is 17.3 Å². The van der Waals surface area contributed by atoms with Crippen LogP contribution in [-0.4, -0.2) is 34.6 Å². The summed E-state index contributed by atoms with van der Waals surface area (Å²) < 4.78 is 25.3. The molecule has 1 aromatic rings. The van der Waals surface area contributed by atoms with Crippen molar-refractivity contribution in [2.75, 3.05) is 11.5 Å². The minimum Gasteiger partial charge on any atom is -0.390 e. The molecule has 1 aliphatic heterocycles. The van der Waals surface area contributed by atoms with Gasteiger partial charge in [-0.3, -0.25) is 0 Å². The van der Waals surface area contributed by atoms with Crippen LogP contribution >= 0.6 is 12.2 Å². The minimum absolute atomic E-state index is 0.117. The normalized spacial score (nSPS) is 24.4.